The summed E-state index contributed by atoms with van der Waals surface area (Å²) < 4.78 is 43.4. The first-order chi connectivity index (χ1) is 53.2. The Bertz CT molecular complexity index is 5880. The summed E-state index contributed by atoms with van der Waals surface area (Å²) in [6.07, 6.45) is 16.1. The lowest BCUT2D eigenvalue weighted by molar-refractivity contribution is 0.0694. The van der Waals surface area contributed by atoms with Crippen LogP contribution in [0, 0.1) is 38.2 Å². The maximum Gasteiger partial charge on any atom is 0.335 e. The zero-order chi connectivity index (χ0) is 80.3. The molecule has 0 bridgehead atoms. The molecular weight excluding hydrogens is 1500 g/mol. The van der Waals surface area contributed by atoms with Gasteiger partial charge in [-0.05, 0) is 187 Å². The highest BCUT2D eigenvalue weighted by Crippen LogP contribution is 2.36. The number of aromatic amines is 3. The smallest absolute Gasteiger partial charge is 0.335 e. The molecule has 15 rings (SSSR count). The van der Waals surface area contributed by atoms with Crippen molar-refractivity contribution < 1.29 is 48.0 Å². The molecule has 9 heterocycles. The maximum atomic E-state index is 14.9. The van der Waals surface area contributed by atoms with Crippen molar-refractivity contribution in [3.05, 3.63) is 316 Å². The molecule has 0 aliphatic rings. The fraction of sp³-hybridized carbons (Fsp3) is 0.216. The first-order valence-electron chi connectivity index (χ1n) is 35.7. The number of carboxylic acids is 1. The van der Waals surface area contributed by atoms with Gasteiger partial charge in [0.15, 0.2) is 0 Å². The van der Waals surface area contributed by atoms with Crippen LogP contribution in [0.4, 0.5) is 13.2 Å². The highest BCUT2D eigenvalue weighted by molar-refractivity contribution is 6.36. The Hall–Kier alpha value is -11.5. The van der Waals surface area contributed by atoms with E-state index < -0.39 is 34.4 Å². The predicted octanol–water partition coefficient (Wildman–Crippen LogP) is 18.4. The molecule has 0 saturated carbocycles. The summed E-state index contributed by atoms with van der Waals surface area (Å²) in [5.74, 6) is -2.88. The minimum atomic E-state index is -1.07. The minimum Gasteiger partial charge on any atom is -0.478 e. The number of carbonyl (C=O) groups is 3. The number of fused-ring (bicyclic) bond motifs is 6. The minimum absolute atomic E-state index is 0. The van der Waals surface area contributed by atoms with E-state index in [1.165, 1.54) is 24.7 Å². The summed E-state index contributed by atoms with van der Waals surface area (Å²) in [6.45, 7) is 16.6. The molecule has 25 heteroatoms. The zero-order valence-electron chi connectivity index (χ0n) is 62.6. The third-order valence-electron chi connectivity index (χ3n) is 18.8. The number of aryl methyl sites for hydroxylation is 3. The van der Waals surface area contributed by atoms with Crippen molar-refractivity contribution in [2.24, 2.45) is 5.73 Å². The lowest BCUT2D eigenvalue weighted by atomic mass is 9.91. The largest absolute Gasteiger partial charge is 0.478 e. The van der Waals surface area contributed by atoms with Gasteiger partial charge >= 0.3 is 5.97 Å². The number of aromatic nitrogens is 9. The van der Waals surface area contributed by atoms with E-state index in [9.17, 15) is 42.9 Å². The second kappa shape index (κ2) is 34.2. The van der Waals surface area contributed by atoms with Crippen molar-refractivity contribution >= 4 is 118 Å². The van der Waals surface area contributed by atoms with E-state index in [-0.39, 0.29) is 50.3 Å². The molecule has 0 radical (unpaired) electrons. The molecular formula is C88H84Cl3F3N12O7. The molecule has 0 saturated heterocycles. The first kappa shape index (κ1) is 82.5. The van der Waals surface area contributed by atoms with Gasteiger partial charge < -0.3 is 51.7 Å². The molecule has 11 N–H and O–H groups in total. The molecule has 0 unspecified atom stereocenters. The van der Waals surface area contributed by atoms with Gasteiger partial charge in [-0.25, -0.2) is 18.0 Å². The first-order valence-corrected chi connectivity index (χ1v) is 36.8. The van der Waals surface area contributed by atoms with E-state index in [1.54, 1.807) is 145 Å². The third kappa shape index (κ3) is 19.2. The summed E-state index contributed by atoms with van der Waals surface area (Å²) in [4.78, 5) is 72.3. The van der Waals surface area contributed by atoms with Crippen LogP contribution in [-0.2, 0) is 55.7 Å². The molecule has 113 heavy (non-hydrogen) atoms. The van der Waals surface area contributed by atoms with Gasteiger partial charge in [0.25, 0.3) is 11.8 Å². The molecule has 0 aliphatic carbocycles. The van der Waals surface area contributed by atoms with Crippen LogP contribution in [-0.4, -0.2) is 83.1 Å². The number of aromatic carboxylic acids is 1. The molecule has 0 aliphatic heterocycles. The zero-order valence-corrected chi connectivity index (χ0v) is 64.9. The van der Waals surface area contributed by atoms with Gasteiger partial charge in [0.1, 0.15) is 17.5 Å². The van der Waals surface area contributed by atoms with Gasteiger partial charge in [0.2, 0.25) is 0 Å². The van der Waals surface area contributed by atoms with Crippen LogP contribution in [0.25, 0.3) is 65.4 Å². The predicted molar refractivity (Wildman–Crippen MR) is 440 cm³/mol. The van der Waals surface area contributed by atoms with E-state index in [0.29, 0.717) is 112 Å². The molecule has 0 fully saturated rings. The number of amides is 2. The third-order valence-corrected chi connectivity index (χ3v) is 19.7. The van der Waals surface area contributed by atoms with E-state index >= 15 is 0 Å². The van der Waals surface area contributed by atoms with Gasteiger partial charge in [0.05, 0.1) is 70.1 Å². The van der Waals surface area contributed by atoms with Gasteiger partial charge in [0, 0.05) is 189 Å². The van der Waals surface area contributed by atoms with Crippen molar-refractivity contribution in [3.63, 3.8) is 0 Å². The number of carbonyl (C=O) groups excluding carboxylic acids is 2. The summed E-state index contributed by atoms with van der Waals surface area (Å²) in [5.41, 5.74) is 18.8. The normalized spacial score (nSPS) is 11.6. The second-order valence-electron chi connectivity index (χ2n) is 29.2. The van der Waals surface area contributed by atoms with Crippen molar-refractivity contribution in [3.8, 4) is 0 Å². The molecule has 19 nitrogen and oxygen atoms in total. The number of hydrogen-bond acceptors (Lipinski definition) is 13. The topological polar surface area (TPSA) is 307 Å². The summed E-state index contributed by atoms with van der Waals surface area (Å²) in [7, 11) is 0. The van der Waals surface area contributed by atoms with E-state index in [4.69, 9.17) is 45.6 Å². The van der Waals surface area contributed by atoms with Crippen molar-refractivity contribution in [1.29, 1.82) is 0 Å². The number of nitrogens with zero attached hydrogens (tertiary/aromatic N) is 6. The van der Waals surface area contributed by atoms with Crippen LogP contribution in [0.5, 0.6) is 0 Å². The molecule has 0 atom stereocenters. The van der Waals surface area contributed by atoms with Gasteiger partial charge in [-0.3, -0.25) is 39.5 Å². The monoisotopic (exact) mass is 1580 g/mol. The number of halogens is 6. The fourth-order valence-electron chi connectivity index (χ4n) is 13.3. The summed E-state index contributed by atoms with van der Waals surface area (Å²) >= 11 is 18.0. The van der Waals surface area contributed by atoms with Crippen LogP contribution in [0.15, 0.2) is 183 Å². The van der Waals surface area contributed by atoms with Crippen LogP contribution in [0.2, 0.25) is 15.1 Å². The Morgan fingerprint density at radius 2 is 0.735 bits per heavy atom. The van der Waals surface area contributed by atoms with E-state index in [2.05, 4.69) is 55.5 Å². The lowest BCUT2D eigenvalue weighted by Gasteiger charge is -2.21. The quantitative estimate of drug-likeness (QED) is 0.0405. The molecule has 2 amide bonds. The Kier molecular flexibility index (Phi) is 25.0. The van der Waals surface area contributed by atoms with Gasteiger partial charge in [-0.1, -0.05) is 78.6 Å². The number of carboxylic acid groups (broad SMARTS) is 1. The highest BCUT2D eigenvalue weighted by Gasteiger charge is 2.26. The number of pyridine rings is 6. The van der Waals surface area contributed by atoms with Crippen molar-refractivity contribution in [2.75, 3.05) is 0 Å². The number of nitrogens with one attached hydrogen (secondary N) is 5. The number of hydrogen-bond donors (Lipinski definition) is 10. The average molecular weight is 1590 g/mol. The Morgan fingerprint density at radius 1 is 0.434 bits per heavy atom. The van der Waals surface area contributed by atoms with Crippen LogP contribution in [0.3, 0.4) is 0 Å². The lowest BCUT2D eigenvalue weighted by Crippen LogP contribution is -2.23. The summed E-state index contributed by atoms with van der Waals surface area (Å²) in [6, 6.07) is 37.9. The van der Waals surface area contributed by atoms with Crippen molar-refractivity contribution in [2.45, 2.75) is 125 Å². The number of H-pyrrole nitrogens is 3. The van der Waals surface area contributed by atoms with Gasteiger partial charge in [-0.15, -0.1) is 0 Å². The van der Waals surface area contributed by atoms with E-state index in [0.717, 1.165) is 82.8 Å². The van der Waals surface area contributed by atoms with Crippen LogP contribution < -0.4 is 16.4 Å². The standard InChI is InChI=1S/2C29H26ClFN4O2.C20H20N2O3.C9H8ClFN2.CH4/c2*1-16-8-20-9-17(11-22(29(2,3)37)27(20)34-13-16)10-21-12-18(6-7-32-21)28(36)35-14-19-4-5-24-25(26(19)31)23(30)15-33-24;1-12-6-15-7-13(8-16-10-14(19(23)24)4-5-21-16)9-17(20(2,3)25)18(15)22-11-12;10-6-4-13-7-2-1-5(3-12)9(11)8(6)7;/h2*4-9,11-13,15,33,37H,10,14H2,1-3H3,(H,35,36);4-7,9-11,25H,8H2,1-3H3,(H,23,24);1-2,4,13H,3,12H2;1H4. The summed E-state index contributed by atoms with van der Waals surface area (Å²) in [5, 5.41) is 51.6. The SMILES string of the molecule is C.Cc1cnc2c(C(C)(C)O)cc(Cc3cc(C(=O)NCc4ccc5[nH]cc(Cl)c5c4F)ccn3)cc2c1.Cc1cnc2c(C(C)(C)O)cc(Cc3cc(C(=O)NCc4ccc5[nH]cc(Cl)c5c4F)ccn3)cc2c1.Cc1cnc2c(C(C)(C)O)cc(Cc3cc(C(=O)O)ccn3)cc2c1.NCc1ccc2[nH]cc(Cl)c2c1F. The van der Waals surface area contributed by atoms with E-state index in [1.807, 2.05) is 75.4 Å². The van der Waals surface area contributed by atoms with Crippen molar-refractivity contribution in [1.82, 2.24) is 55.5 Å². The molecule has 580 valence electrons. The molecule has 0 spiro atoms. The Morgan fingerprint density at radius 3 is 1.04 bits per heavy atom. The Labute approximate surface area is 664 Å². The highest BCUT2D eigenvalue weighted by atomic mass is 35.5. The number of aliphatic hydroxyl groups is 3. The fourth-order valence-corrected chi connectivity index (χ4v) is 14.0. The molecule has 6 aromatic carbocycles. The number of rotatable bonds is 17. The maximum absolute atomic E-state index is 14.9. The number of nitrogens with two attached hydrogens (primary N) is 1. The van der Waals surface area contributed by atoms with Gasteiger partial charge in [-0.2, -0.15) is 0 Å². The van der Waals surface area contributed by atoms with Crippen LogP contribution >= 0.6 is 34.8 Å². The molecule has 15 aromatic rings. The number of benzene rings is 6. The molecule has 9 aromatic heterocycles. The Balaban J connectivity index is 0.000000156. The van der Waals surface area contributed by atoms with Crippen LogP contribution in [0.1, 0.15) is 164 Å². The second-order valence-corrected chi connectivity index (χ2v) is 30.4. The average Bonchev–Trinajstić information content (AvgIpc) is 1.67.